The summed E-state index contributed by atoms with van der Waals surface area (Å²) in [4.78, 5) is 13.5. The molecule has 80 valence electrons. The van der Waals surface area contributed by atoms with E-state index in [1.165, 1.54) is 25.7 Å². The molecular weight excluding hydrogens is 174 g/mol. The topological polar surface area (TPSA) is 20.3 Å². The SMILES string of the molecule is CCCC/C=C/CC(=O)N1CCCC1. The third kappa shape index (κ3) is 3.95. The van der Waals surface area contributed by atoms with Crippen molar-refractivity contribution in [3.8, 4) is 0 Å². The van der Waals surface area contributed by atoms with E-state index < -0.39 is 0 Å². The summed E-state index contributed by atoms with van der Waals surface area (Å²) in [6.07, 6.45) is 10.7. The highest BCUT2D eigenvalue weighted by molar-refractivity contribution is 5.77. The van der Waals surface area contributed by atoms with Crippen molar-refractivity contribution in [2.45, 2.75) is 45.4 Å². The molecule has 0 atom stereocenters. The summed E-state index contributed by atoms with van der Waals surface area (Å²) in [5.74, 6) is 0.301. The van der Waals surface area contributed by atoms with Gasteiger partial charge in [0.2, 0.25) is 5.91 Å². The van der Waals surface area contributed by atoms with Gasteiger partial charge in [0, 0.05) is 19.5 Å². The van der Waals surface area contributed by atoms with Gasteiger partial charge >= 0.3 is 0 Å². The van der Waals surface area contributed by atoms with Crippen molar-refractivity contribution in [1.29, 1.82) is 0 Å². The maximum atomic E-state index is 11.6. The zero-order chi connectivity index (χ0) is 10.2. The standard InChI is InChI=1S/C12H21NO/c1-2-3-4-5-6-9-12(14)13-10-7-8-11-13/h5-6H,2-4,7-11H2,1H3/b6-5+. The molecule has 0 bridgehead atoms. The van der Waals surface area contributed by atoms with Crippen molar-refractivity contribution < 1.29 is 4.79 Å². The van der Waals surface area contributed by atoms with Gasteiger partial charge in [-0.2, -0.15) is 0 Å². The molecule has 0 aromatic heterocycles. The highest BCUT2D eigenvalue weighted by Crippen LogP contribution is 2.09. The molecule has 2 heteroatoms. The lowest BCUT2D eigenvalue weighted by Gasteiger charge is -2.13. The summed E-state index contributed by atoms with van der Waals surface area (Å²) in [6, 6.07) is 0. The number of nitrogens with zero attached hydrogens (tertiary/aromatic N) is 1. The molecule has 0 N–H and O–H groups in total. The zero-order valence-corrected chi connectivity index (χ0v) is 9.17. The van der Waals surface area contributed by atoms with Gasteiger partial charge in [0.1, 0.15) is 0 Å². The first-order valence-electron chi connectivity index (χ1n) is 5.77. The molecule has 1 rings (SSSR count). The Morgan fingerprint density at radius 3 is 2.64 bits per heavy atom. The highest BCUT2D eigenvalue weighted by Gasteiger charge is 2.15. The van der Waals surface area contributed by atoms with E-state index in [0.717, 1.165) is 19.5 Å². The van der Waals surface area contributed by atoms with Crippen LogP contribution in [0.4, 0.5) is 0 Å². The van der Waals surface area contributed by atoms with E-state index in [0.29, 0.717) is 12.3 Å². The normalized spacial score (nSPS) is 16.8. The first-order chi connectivity index (χ1) is 6.84. The van der Waals surface area contributed by atoms with Crippen LogP contribution < -0.4 is 0 Å². The third-order valence-electron chi connectivity index (χ3n) is 2.64. The van der Waals surface area contributed by atoms with Gasteiger partial charge < -0.3 is 4.90 Å². The molecule has 2 nitrogen and oxygen atoms in total. The molecule has 0 unspecified atom stereocenters. The van der Waals surface area contributed by atoms with Gasteiger partial charge in [-0.05, 0) is 19.3 Å². The Morgan fingerprint density at radius 2 is 2.00 bits per heavy atom. The smallest absolute Gasteiger partial charge is 0.226 e. The minimum atomic E-state index is 0.301. The zero-order valence-electron chi connectivity index (χ0n) is 9.17. The lowest BCUT2D eigenvalue weighted by molar-refractivity contribution is -0.129. The van der Waals surface area contributed by atoms with Crippen molar-refractivity contribution in [3.63, 3.8) is 0 Å². The minimum Gasteiger partial charge on any atom is -0.342 e. The van der Waals surface area contributed by atoms with Gasteiger partial charge in [-0.3, -0.25) is 4.79 Å². The Balaban J connectivity index is 2.10. The number of hydrogen-bond acceptors (Lipinski definition) is 1. The second kappa shape index (κ2) is 6.63. The lowest BCUT2D eigenvalue weighted by atomic mass is 10.2. The molecule has 0 saturated carbocycles. The van der Waals surface area contributed by atoms with Crippen LogP contribution in [-0.2, 0) is 4.79 Å². The average Bonchev–Trinajstić information content (AvgIpc) is 2.70. The van der Waals surface area contributed by atoms with Gasteiger partial charge in [-0.25, -0.2) is 0 Å². The number of carbonyl (C=O) groups is 1. The number of rotatable bonds is 5. The van der Waals surface area contributed by atoms with E-state index in [-0.39, 0.29) is 0 Å². The Kier molecular flexibility index (Phi) is 5.35. The van der Waals surface area contributed by atoms with Crippen LogP contribution in [0.25, 0.3) is 0 Å². The Bertz CT molecular complexity index is 192. The lowest BCUT2D eigenvalue weighted by Crippen LogP contribution is -2.26. The monoisotopic (exact) mass is 195 g/mol. The van der Waals surface area contributed by atoms with Gasteiger partial charge in [-0.15, -0.1) is 0 Å². The van der Waals surface area contributed by atoms with E-state index >= 15 is 0 Å². The van der Waals surface area contributed by atoms with Gasteiger partial charge in [0.15, 0.2) is 0 Å². The fraction of sp³-hybridized carbons (Fsp3) is 0.750. The molecule has 14 heavy (non-hydrogen) atoms. The first kappa shape index (κ1) is 11.3. The van der Waals surface area contributed by atoms with Crippen LogP contribution in [0.2, 0.25) is 0 Å². The summed E-state index contributed by atoms with van der Waals surface area (Å²) < 4.78 is 0. The molecule has 1 saturated heterocycles. The predicted molar refractivity (Wildman–Crippen MR) is 59.1 cm³/mol. The van der Waals surface area contributed by atoms with E-state index in [9.17, 15) is 4.79 Å². The van der Waals surface area contributed by atoms with Gasteiger partial charge in [0.05, 0.1) is 0 Å². The first-order valence-corrected chi connectivity index (χ1v) is 5.77. The van der Waals surface area contributed by atoms with Crippen molar-refractivity contribution in [2.24, 2.45) is 0 Å². The maximum Gasteiger partial charge on any atom is 0.226 e. The van der Waals surface area contributed by atoms with Crippen LogP contribution in [0.3, 0.4) is 0 Å². The fourth-order valence-corrected chi connectivity index (χ4v) is 1.72. The molecule has 0 aliphatic carbocycles. The highest BCUT2D eigenvalue weighted by atomic mass is 16.2. The molecule has 0 spiro atoms. The molecular formula is C12H21NO. The summed E-state index contributed by atoms with van der Waals surface area (Å²) in [6.45, 7) is 4.13. The van der Waals surface area contributed by atoms with Crippen LogP contribution in [0.15, 0.2) is 12.2 Å². The van der Waals surface area contributed by atoms with Crippen molar-refractivity contribution >= 4 is 5.91 Å². The van der Waals surface area contributed by atoms with E-state index in [1.807, 2.05) is 11.0 Å². The van der Waals surface area contributed by atoms with Gasteiger partial charge in [-0.1, -0.05) is 31.9 Å². The molecule has 1 heterocycles. The Hall–Kier alpha value is -0.790. The number of unbranched alkanes of at least 4 members (excludes halogenated alkanes) is 2. The number of amides is 1. The minimum absolute atomic E-state index is 0.301. The summed E-state index contributed by atoms with van der Waals surface area (Å²) in [5.41, 5.74) is 0. The van der Waals surface area contributed by atoms with Crippen LogP contribution in [0, 0.1) is 0 Å². The second-order valence-corrected chi connectivity index (χ2v) is 3.91. The summed E-state index contributed by atoms with van der Waals surface area (Å²) >= 11 is 0. The Morgan fingerprint density at radius 1 is 1.29 bits per heavy atom. The summed E-state index contributed by atoms with van der Waals surface area (Å²) in [5, 5.41) is 0. The average molecular weight is 195 g/mol. The number of carbonyl (C=O) groups excluding carboxylic acids is 1. The predicted octanol–water partition coefficient (Wildman–Crippen LogP) is 2.75. The molecule has 0 aromatic rings. The van der Waals surface area contributed by atoms with Gasteiger partial charge in [0.25, 0.3) is 0 Å². The van der Waals surface area contributed by atoms with Crippen molar-refractivity contribution in [2.75, 3.05) is 13.1 Å². The number of allylic oxidation sites excluding steroid dienone is 1. The maximum absolute atomic E-state index is 11.6. The van der Waals surface area contributed by atoms with E-state index in [4.69, 9.17) is 0 Å². The van der Waals surface area contributed by atoms with Crippen LogP contribution in [0.5, 0.6) is 0 Å². The molecule has 1 fully saturated rings. The molecule has 1 aliphatic heterocycles. The number of likely N-dealkylation sites (tertiary alicyclic amines) is 1. The van der Waals surface area contributed by atoms with E-state index in [1.54, 1.807) is 0 Å². The van der Waals surface area contributed by atoms with E-state index in [2.05, 4.69) is 13.0 Å². The van der Waals surface area contributed by atoms with Crippen LogP contribution in [-0.4, -0.2) is 23.9 Å². The summed E-state index contributed by atoms with van der Waals surface area (Å²) in [7, 11) is 0. The second-order valence-electron chi connectivity index (χ2n) is 3.91. The van der Waals surface area contributed by atoms with Crippen LogP contribution >= 0.6 is 0 Å². The molecule has 0 radical (unpaired) electrons. The Labute approximate surface area is 87.0 Å². The van der Waals surface area contributed by atoms with Crippen molar-refractivity contribution in [3.05, 3.63) is 12.2 Å². The fourth-order valence-electron chi connectivity index (χ4n) is 1.72. The third-order valence-corrected chi connectivity index (χ3v) is 2.64. The molecule has 1 aliphatic rings. The van der Waals surface area contributed by atoms with Crippen molar-refractivity contribution in [1.82, 2.24) is 4.90 Å². The largest absolute Gasteiger partial charge is 0.342 e. The quantitative estimate of drug-likeness (QED) is 0.488. The molecule has 1 amide bonds. The number of hydrogen-bond donors (Lipinski definition) is 0. The van der Waals surface area contributed by atoms with Crippen LogP contribution in [0.1, 0.15) is 45.4 Å². The molecule has 0 aromatic carbocycles.